The van der Waals surface area contributed by atoms with E-state index in [1.54, 1.807) is 13.1 Å². The van der Waals surface area contributed by atoms with Gasteiger partial charge >= 0.3 is 0 Å². The number of aryl methyl sites for hydroxylation is 1. The minimum Gasteiger partial charge on any atom is -0.477 e. The number of hydrogen-bond donors (Lipinski definition) is 0. The van der Waals surface area contributed by atoms with Gasteiger partial charge in [0, 0.05) is 26.2 Å². The second kappa shape index (κ2) is 5.18. The molecule has 6 nitrogen and oxygen atoms in total. The summed E-state index contributed by atoms with van der Waals surface area (Å²) in [6, 6.07) is 1.71. The monoisotopic (exact) mass is 239 g/mol. The maximum absolute atomic E-state index is 12.0. The first-order chi connectivity index (χ1) is 8.22. The van der Waals surface area contributed by atoms with Gasteiger partial charge < -0.3 is 14.4 Å². The maximum Gasteiger partial charge on any atom is 0.290 e. The molecule has 1 fully saturated rings. The van der Waals surface area contributed by atoms with Crippen molar-refractivity contribution in [1.82, 2.24) is 9.78 Å². The third kappa shape index (κ3) is 2.58. The van der Waals surface area contributed by atoms with E-state index in [1.165, 1.54) is 4.68 Å². The van der Waals surface area contributed by atoms with Crippen molar-refractivity contribution in [3.8, 4) is 5.88 Å². The van der Waals surface area contributed by atoms with E-state index < -0.39 is 0 Å². The Morgan fingerprint density at radius 2 is 2.18 bits per heavy atom. The molecular weight excluding hydrogens is 222 g/mol. The molecule has 0 amide bonds. The first-order valence-corrected chi connectivity index (χ1v) is 5.76. The molecule has 0 bridgehead atoms. The summed E-state index contributed by atoms with van der Waals surface area (Å²) in [7, 11) is 1.63. The van der Waals surface area contributed by atoms with Gasteiger partial charge in [-0.15, -0.1) is 5.10 Å². The van der Waals surface area contributed by atoms with Gasteiger partial charge in [-0.25, -0.2) is 4.68 Å². The molecule has 1 aliphatic heterocycles. The van der Waals surface area contributed by atoms with Crippen LogP contribution in [0.15, 0.2) is 10.9 Å². The van der Waals surface area contributed by atoms with E-state index in [2.05, 4.69) is 5.10 Å². The first-order valence-electron chi connectivity index (χ1n) is 5.76. The number of aromatic nitrogens is 2. The molecular formula is C11H17N3O3. The normalized spacial score (nSPS) is 16.0. The summed E-state index contributed by atoms with van der Waals surface area (Å²) in [6.07, 6.45) is 0. The molecule has 1 saturated heterocycles. The van der Waals surface area contributed by atoms with Crippen LogP contribution in [-0.4, -0.2) is 42.7 Å². The summed E-state index contributed by atoms with van der Waals surface area (Å²) in [6.45, 7) is 5.18. The highest BCUT2D eigenvalue weighted by molar-refractivity contribution is 5.46. The van der Waals surface area contributed by atoms with Gasteiger partial charge in [0.2, 0.25) is 5.88 Å². The molecule has 1 aromatic rings. The van der Waals surface area contributed by atoms with Crippen molar-refractivity contribution < 1.29 is 9.47 Å². The largest absolute Gasteiger partial charge is 0.477 e. The van der Waals surface area contributed by atoms with Gasteiger partial charge in [0.05, 0.1) is 19.8 Å². The Labute approximate surface area is 99.7 Å². The van der Waals surface area contributed by atoms with Crippen LogP contribution < -0.4 is 15.2 Å². The Hall–Kier alpha value is -1.56. The number of morpholine rings is 1. The van der Waals surface area contributed by atoms with Gasteiger partial charge in [-0.1, -0.05) is 0 Å². The lowest BCUT2D eigenvalue weighted by molar-refractivity contribution is 0.122. The number of ether oxygens (including phenoxy) is 2. The van der Waals surface area contributed by atoms with Crippen LogP contribution in [0, 0.1) is 0 Å². The SMILES string of the molecule is CCOc1cc(N2CCOCC2)c(=O)n(C)n1. The lowest BCUT2D eigenvalue weighted by atomic mass is 10.3. The Kier molecular flexibility index (Phi) is 3.63. The third-order valence-corrected chi connectivity index (χ3v) is 2.67. The van der Waals surface area contributed by atoms with Crippen LogP contribution in [0.3, 0.4) is 0 Å². The highest BCUT2D eigenvalue weighted by atomic mass is 16.5. The predicted molar refractivity (Wildman–Crippen MR) is 63.7 cm³/mol. The molecule has 17 heavy (non-hydrogen) atoms. The van der Waals surface area contributed by atoms with Crippen LogP contribution >= 0.6 is 0 Å². The number of rotatable bonds is 3. The van der Waals surface area contributed by atoms with E-state index in [9.17, 15) is 4.79 Å². The van der Waals surface area contributed by atoms with Crippen molar-refractivity contribution in [2.75, 3.05) is 37.8 Å². The van der Waals surface area contributed by atoms with Crippen LogP contribution in [0.4, 0.5) is 5.69 Å². The molecule has 0 atom stereocenters. The van der Waals surface area contributed by atoms with E-state index in [4.69, 9.17) is 9.47 Å². The lowest BCUT2D eigenvalue weighted by Crippen LogP contribution is -2.40. The highest BCUT2D eigenvalue weighted by Crippen LogP contribution is 2.15. The third-order valence-electron chi connectivity index (χ3n) is 2.67. The summed E-state index contributed by atoms with van der Waals surface area (Å²) in [5.41, 5.74) is 0.532. The summed E-state index contributed by atoms with van der Waals surface area (Å²) in [4.78, 5) is 14.0. The lowest BCUT2D eigenvalue weighted by Gasteiger charge is -2.28. The van der Waals surface area contributed by atoms with Gasteiger partial charge in [0.1, 0.15) is 5.69 Å². The minimum absolute atomic E-state index is 0.102. The van der Waals surface area contributed by atoms with E-state index >= 15 is 0 Å². The highest BCUT2D eigenvalue weighted by Gasteiger charge is 2.16. The topological polar surface area (TPSA) is 56.6 Å². The average Bonchev–Trinajstić information content (AvgIpc) is 2.35. The fourth-order valence-corrected chi connectivity index (χ4v) is 1.82. The molecule has 0 N–H and O–H groups in total. The summed E-state index contributed by atoms with van der Waals surface area (Å²) < 4.78 is 11.9. The van der Waals surface area contributed by atoms with Gasteiger partial charge in [-0.3, -0.25) is 4.79 Å². The van der Waals surface area contributed by atoms with Crippen molar-refractivity contribution in [2.45, 2.75) is 6.92 Å². The van der Waals surface area contributed by atoms with Crippen molar-refractivity contribution >= 4 is 5.69 Å². The maximum atomic E-state index is 12.0. The van der Waals surface area contributed by atoms with E-state index in [0.29, 0.717) is 31.4 Å². The van der Waals surface area contributed by atoms with Gasteiger partial charge in [-0.2, -0.15) is 0 Å². The Morgan fingerprint density at radius 3 is 2.82 bits per heavy atom. The van der Waals surface area contributed by atoms with Gasteiger partial charge in [0.15, 0.2) is 0 Å². The fraction of sp³-hybridized carbons (Fsp3) is 0.636. The average molecular weight is 239 g/mol. The molecule has 94 valence electrons. The van der Waals surface area contributed by atoms with Crippen LogP contribution in [-0.2, 0) is 11.8 Å². The summed E-state index contributed by atoms with van der Waals surface area (Å²) in [5.74, 6) is 0.482. The van der Waals surface area contributed by atoms with Gasteiger partial charge in [0.25, 0.3) is 5.56 Å². The molecule has 0 aromatic carbocycles. The minimum atomic E-state index is -0.102. The quantitative estimate of drug-likeness (QED) is 0.744. The zero-order chi connectivity index (χ0) is 12.3. The summed E-state index contributed by atoms with van der Waals surface area (Å²) >= 11 is 0. The zero-order valence-electron chi connectivity index (χ0n) is 10.2. The van der Waals surface area contributed by atoms with Crippen LogP contribution in [0.1, 0.15) is 6.92 Å². The van der Waals surface area contributed by atoms with Gasteiger partial charge in [-0.05, 0) is 6.92 Å². The molecule has 6 heteroatoms. The van der Waals surface area contributed by atoms with Crippen molar-refractivity contribution in [1.29, 1.82) is 0 Å². The molecule has 0 spiro atoms. The molecule has 0 aliphatic carbocycles. The van der Waals surface area contributed by atoms with Crippen molar-refractivity contribution in [3.05, 3.63) is 16.4 Å². The number of anilines is 1. The molecule has 0 saturated carbocycles. The van der Waals surface area contributed by atoms with Crippen LogP contribution in [0.2, 0.25) is 0 Å². The first kappa shape index (κ1) is 11.9. The van der Waals surface area contributed by atoms with Crippen LogP contribution in [0.25, 0.3) is 0 Å². The van der Waals surface area contributed by atoms with Crippen molar-refractivity contribution in [2.24, 2.45) is 7.05 Å². The Morgan fingerprint density at radius 1 is 1.47 bits per heavy atom. The van der Waals surface area contributed by atoms with Crippen molar-refractivity contribution in [3.63, 3.8) is 0 Å². The number of nitrogens with zero attached hydrogens (tertiary/aromatic N) is 3. The molecule has 1 aromatic heterocycles. The standard InChI is InChI=1S/C11H17N3O3/c1-3-17-10-8-9(11(15)13(2)12-10)14-4-6-16-7-5-14/h8H,3-7H2,1-2H3. The molecule has 2 rings (SSSR count). The second-order valence-electron chi connectivity index (χ2n) is 3.83. The molecule has 0 radical (unpaired) electrons. The Bertz CT molecular complexity index is 438. The van der Waals surface area contributed by atoms with Crippen LogP contribution in [0.5, 0.6) is 5.88 Å². The summed E-state index contributed by atoms with van der Waals surface area (Å²) in [5, 5.41) is 4.04. The number of hydrogen-bond acceptors (Lipinski definition) is 5. The molecule has 2 heterocycles. The van der Waals surface area contributed by atoms with E-state index in [0.717, 1.165) is 13.1 Å². The Balaban J connectivity index is 2.33. The van der Waals surface area contributed by atoms with E-state index in [-0.39, 0.29) is 5.56 Å². The fourth-order valence-electron chi connectivity index (χ4n) is 1.82. The zero-order valence-corrected chi connectivity index (χ0v) is 10.2. The van der Waals surface area contributed by atoms with E-state index in [1.807, 2.05) is 11.8 Å². The second-order valence-corrected chi connectivity index (χ2v) is 3.83. The predicted octanol–water partition coefficient (Wildman–Crippen LogP) is 0.0156. The molecule has 1 aliphatic rings. The molecule has 0 unspecified atom stereocenters. The smallest absolute Gasteiger partial charge is 0.290 e.